The standard InChI is InChI=1S/C10H11ClN4S/c1-15-10(12-13-14-15)16-7-6-8-4-2-3-5-9(8)11/h2-5H,6-7H2,1H3. The second-order valence-corrected chi connectivity index (χ2v) is 4.74. The molecule has 1 aromatic heterocycles. The number of tetrazole rings is 1. The van der Waals surface area contributed by atoms with Crippen LogP contribution in [0.15, 0.2) is 29.4 Å². The molecule has 2 aromatic rings. The van der Waals surface area contributed by atoms with E-state index in [1.807, 2.05) is 31.3 Å². The first-order valence-electron chi connectivity index (χ1n) is 4.86. The zero-order valence-electron chi connectivity index (χ0n) is 8.80. The molecule has 0 fully saturated rings. The van der Waals surface area contributed by atoms with Crippen LogP contribution in [0.25, 0.3) is 0 Å². The van der Waals surface area contributed by atoms with Crippen LogP contribution in [0.2, 0.25) is 5.02 Å². The molecule has 0 atom stereocenters. The minimum absolute atomic E-state index is 0.819. The highest BCUT2D eigenvalue weighted by atomic mass is 35.5. The zero-order valence-corrected chi connectivity index (χ0v) is 10.4. The minimum atomic E-state index is 0.819. The maximum absolute atomic E-state index is 6.06. The summed E-state index contributed by atoms with van der Waals surface area (Å²) in [5.74, 6) is 0.915. The highest BCUT2D eigenvalue weighted by molar-refractivity contribution is 7.99. The number of benzene rings is 1. The minimum Gasteiger partial charge on any atom is -0.224 e. The van der Waals surface area contributed by atoms with Crippen LogP contribution in [0.1, 0.15) is 5.56 Å². The Morgan fingerprint density at radius 2 is 2.19 bits per heavy atom. The second kappa shape index (κ2) is 5.32. The Balaban J connectivity index is 1.89. The van der Waals surface area contributed by atoms with Crippen LogP contribution in [-0.4, -0.2) is 26.0 Å². The van der Waals surface area contributed by atoms with E-state index in [0.717, 1.165) is 27.9 Å². The predicted octanol–water partition coefficient (Wildman–Crippen LogP) is 2.20. The SMILES string of the molecule is Cn1nnnc1SCCc1ccccc1Cl. The topological polar surface area (TPSA) is 43.6 Å². The summed E-state index contributed by atoms with van der Waals surface area (Å²) >= 11 is 7.69. The van der Waals surface area contributed by atoms with Gasteiger partial charge in [-0.1, -0.05) is 41.6 Å². The molecule has 0 saturated carbocycles. The van der Waals surface area contributed by atoms with Crippen molar-refractivity contribution in [3.8, 4) is 0 Å². The Bertz CT molecular complexity index is 471. The number of hydrogen-bond donors (Lipinski definition) is 0. The molecule has 2 rings (SSSR count). The van der Waals surface area contributed by atoms with Crippen LogP contribution in [0, 0.1) is 0 Å². The summed E-state index contributed by atoms with van der Waals surface area (Å²) in [7, 11) is 1.83. The van der Waals surface area contributed by atoms with Crippen LogP contribution in [0.5, 0.6) is 0 Å². The maximum Gasteiger partial charge on any atom is 0.209 e. The lowest BCUT2D eigenvalue weighted by Gasteiger charge is -2.02. The largest absolute Gasteiger partial charge is 0.224 e. The molecule has 0 aliphatic carbocycles. The number of aromatic nitrogens is 4. The second-order valence-electron chi connectivity index (χ2n) is 3.27. The Hall–Kier alpha value is -1.07. The van der Waals surface area contributed by atoms with Gasteiger partial charge in [0, 0.05) is 17.8 Å². The van der Waals surface area contributed by atoms with E-state index >= 15 is 0 Å². The van der Waals surface area contributed by atoms with Crippen molar-refractivity contribution in [3.05, 3.63) is 34.9 Å². The molecule has 6 heteroatoms. The van der Waals surface area contributed by atoms with Crippen LogP contribution in [-0.2, 0) is 13.5 Å². The van der Waals surface area contributed by atoms with E-state index in [4.69, 9.17) is 11.6 Å². The summed E-state index contributed by atoms with van der Waals surface area (Å²) < 4.78 is 1.66. The van der Waals surface area contributed by atoms with E-state index in [1.54, 1.807) is 16.4 Å². The van der Waals surface area contributed by atoms with Crippen molar-refractivity contribution in [1.29, 1.82) is 0 Å². The van der Waals surface area contributed by atoms with Gasteiger partial charge in [-0.3, -0.25) is 0 Å². The monoisotopic (exact) mass is 254 g/mol. The van der Waals surface area contributed by atoms with Gasteiger partial charge in [-0.2, -0.15) is 0 Å². The summed E-state index contributed by atoms with van der Waals surface area (Å²) in [4.78, 5) is 0. The number of aryl methyl sites for hydroxylation is 2. The molecule has 0 N–H and O–H groups in total. The number of hydrogen-bond acceptors (Lipinski definition) is 4. The van der Waals surface area contributed by atoms with Gasteiger partial charge in [0.25, 0.3) is 0 Å². The summed E-state index contributed by atoms with van der Waals surface area (Å²) in [6, 6.07) is 7.88. The van der Waals surface area contributed by atoms with E-state index in [1.165, 1.54) is 0 Å². The Morgan fingerprint density at radius 1 is 1.38 bits per heavy atom. The Morgan fingerprint density at radius 3 is 2.88 bits per heavy atom. The van der Waals surface area contributed by atoms with Gasteiger partial charge in [0.05, 0.1) is 0 Å². The molecule has 0 amide bonds. The van der Waals surface area contributed by atoms with Crippen LogP contribution >= 0.6 is 23.4 Å². The summed E-state index contributed by atoms with van der Waals surface area (Å²) in [5, 5.41) is 12.9. The van der Waals surface area contributed by atoms with E-state index in [9.17, 15) is 0 Å². The quantitative estimate of drug-likeness (QED) is 0.785. The molecule has 0 radical (unpaired) electrons. The van der Waals surface area contributed by atoms with Crippen LogP contribution < -0.4 is 0 Å². The van der Waals surface area contributed by atoms with Crippen molar-refractivity contribution < 1.29 is 0 Å². The summed E-state index contributed by atoms with van der Waals surface area (Å²) in [6.07, 6.45) is 0.914. The van der Waals surface area contributed by atoms with Gasteiger partial charge in [0.1, 0.15) is 0 Å². The van der Waals surface area contributed by atoms with Crippen molar-refractivity contribution in [2.45, 2.75) is 11.6 Å². The van der Waals surface area contributed by atoms with Gasteiger partial charge >= 0.3 is 0 Å². The average Bonchev–Trinajstić information content (AvgIpc) is 2.67. The molecule has 84 valence electrons. The van der Waals surface area contributed by atoms with E-state index < -0.39 is 0 Å². The fourth-order valence-corrected chi connectivity index (χ4v) is 2.35. The number of nitrogens with zero attached hydrogens (tertiary/aromatic N) is 4. The van der Waals surface area contributed by atoms with Crippen molar-refractivity contribution in [3.63, 3.8) is 0 Å². The van der Waals surface area contributed by atoms with Gasteiger partial charge in [-0.25, -0.2) is 4.68 Å². The van der Waals surface area contributed by atoms with Gasteiger partial charge in [-0.05, 0) is 28.5 Å². The van der Waals surface area contributed by atoms with E-state index in [0.29, 0.717) is 0 Å². The molecule has 0 aliphatic rings. The molecule has 0 spiro atoms. The number of halogens is 1. The molecule has 4 nitrogen and oxygen atoms in total. The van der Waals surface area contributed by atoms with Crippen molar-refractivity contribution in [1.82, 2.24) is 20.2 Å². The van der Waals surface area contributed by atoms with E-state index in [2.05, 4.69) is 15.5 Å². The first kappa shape index (κ1) is 11.4. The van der Waals surface area contributed by atoms with Gasteiger partial charge in [0.2, 0.25) is 5.16 Å². The lowest BCUT2D eigenvalue weighted by atomic mass is 10.2. The Kier molecular flexibility index (Phi) is 3.79. The fourth-order valence-electron chi connectivity index (χ4n) is 1.30. The third-order valence-electron chi connectivity index (χ3n) is 2.14. The predicted molar refractivity (Wildman–Crippen MR) is 64.7 cm³/mol. The lowest BCUT2D eigenvalue weighted by molar-refractivity contribution is 0.664. The number of thioether (sulfide) groups is 1. The smallest absolute Gasteiger partial charge is 0.209 e. The molecule has 0 saturated heterocycles. The van der Waals surface area contributed by atoms with Gasteiger partial charge in [0.15, 0.2) is 0 Å². The number of rotatable bonds is 4. The molecule has 16 heavy (non-hydrogen) atoms. The summed E-state index contributed by atoms with van der Waals surface area (Å²) in [5.41, 5.74) is 1.16. The third-order valence-corrected chi connectivity index (χ3v) is 3.52. The van der Waals surface area contributed by atoms with Gasteiger partial charge < -0.3 is 0 Å². The van der Waals surface area contributed by atoms with Crippen molar-refractivity contribution in [2.24, 2.45) is 7.05 Å². The molecule has 1 aromatic carbocycles. The highest BCUT2D eigenvalue weighted by Crippen LogP contribution is 2.19. The maximum atomic E-state index is 6.06. The van der Waals surface area contributed by atoms with E-state index in [-0.39, 0.29) is 0 Å². The third kappa shape index (κ3) is 2.74. The van der Waals surface area contributed by atoms with Crippen LogP contribution in [0.3, 0.4) is 0 Å². The molecule has 0 aliphatic heterocycles. The molecule has 0 bridgehead atoms. The highest BCUT2D eigenvalue weighted by Gasteiger charge is 2.04. The average molecular weight is 255 g/mol. The normalized spacial score (nSPS) is 10.6. The van der Waals surface area contributed by atoms with Crippen molar-refractivity contribution in [2.75, 3.05) is 5.75 Å². The Labute approximate surface area is 103 Å². The summed E-state index contributed by atoms with van der Waals surface area (Å²) in [6.45, 7) is 0. The molecule has 0 unspecified atom stereocenters. The molecule has 1 heterocycles. The fraction of sp³-hybridized carbons (Fsp3) is 0.300. The first-order valence-corrected chi connectivity index (χ1v) is 6.22. The van der Waals surface area contributed by atoms with Crippen molar-refractivity contribution >= 4 is 23.4 Å². The van der Waals surface area contributed by atoms with Gasteiger partial charge in [-0.15, -0.1) is 5.10 Å². The zero-order chi connectivity index (χ0) is 11.4. The first-order chi connectivity index (χ1) is 7.77. The lowest BCUT2D eigenvalue weighted by Crippen LogP contribution is -1.95. The molecular formula is C10H11ClN4S. The van der Waals surface area contributed by atoms with Crippen LogP contribution in [0.4, 0.5) is 0 Å². The molecular weight excluding hydrogens is 244 g/mol.